The minimum atomic E-state index is -1.72. The minimum Gasteiger partial charge on any atom is -0.464 e. The lowest BCUT2D eigenvalue weighted by Crippen LogP contribution is -2.55. The fourth-order valence-corrected chi connectivity index (χ4v) is 4.58. The Morgan fingerprint density at radius 2 is 1.42 bits per heavy atom. The molecule has 1 saturated heterocycles. The van der Waals surface area contributed by atoms with Gasteiger partial charge in [-0.3, -0.25) is 4.57 Å². The van der Waals surface area contributed by atoms with Gasteiger partial charge in [0, 0.05) is 16.8 Å². The van der Waals surface area contributed by atoms with Crippen molar-refractivity contribution in [3.8, 4) is 5.69 Å². The summed E-state index contributed by atoms with van der Waals surface area (Å²) < 4.78 is 17.4. The van der Waals surface area contributed by atoms with Crippen LogP contribution in [0.25, 0.3) is 17.8 Å². The van der Waals surface area contributed by atoms with Crippen molar-refractivity contribution in [3.05, 3.63) is 88.7 Å². The first-order valence-electron chi connectivity index (χ1n) is 11.9. The predicted octanol–water partition coefficient (Wildman–Crippen LogP) is 1.74. The Kier molecular flexibility index (Phi) is 8.40. The quantitative estimate of drug-likeness (QED) is 0.340. The van der Waals surface area contributed by atoms with E-state index < -0.39 is 49.1 Å². The minimum absolute atomic E-state index is 0.0187. The average Bonchev–Trinajstić information content (AvgIpc) is 3.30. The van der Waals surface area contributed by atoms with Crippen molar-refractivity contribution < 1.29 is 44.2 Å². The van der Waals surface area contributed by atoms with E-state index in [2.05, 4.69) is 0 Å². The van der Waals surface area contributed by atoms with E-state index in [1.54, 1.807) is 42.5 Å². The van der Waals surface area contributed by atoms with Crippen LogP contribution in [-0.2, 0) is 14.2 Å². The van der Waals surface area contributed by atoms with Crippen molar-refractivity contribution in [2.45, 2.75) is 30.5 Å². The Hall–Kier alpha value is -3.80. The molecule has 0 aliphatic carbocycles. The summed E-state index contributed by atoms with van der Waals surface area (Å²) in [6.07, 6.45) is -4.48. The van der Waals surface area contributed by atoms with Gasteiger partial charge in [0.1, 0.15) is 41.9 Å². The van der Waals surface area contributed by atoms with Crippen LogP contribution in [0.5, 0.6) is 0 Å². The van der Waals surface area contributed by atoms with E-state index in [9.17, 15) is 30.0 Å². The van der Waals surface area contributed by atoms with Gasteiger partial charge in [-0.25, -0.2) is 9.59 Å². The fourth-order valence-electron chi connectivity index (χ4n) is 4.58. The maximum absolute atomic E-state index is 13.3. The van der Waals surface area contributed by atoms with Crippen LogP contribution in [0, 0.1) is 0 Å². The first-order chi connectivity index (χ1) is 18.3. The normalized spacial score (nSPS) is 23.4. The molecule has 4 N–H and O–H groups in total. The molecule has 200 valence electrons. The molecule has 2 aromatic carbocycles. The van der Waals surface area contributed by atoms with E-state index in [4.69, 9.17) is 14.2 Å². The summed E-state index contributed by atoms with van der Waals surface area (Å²) in [7, 11) is 2.36. The number of ether oxygens (including phenoxy) is 3. The first-order valence-corrected chi connectivity index (χ1v) is 11.9. The number of hydrogen-bond acceptors (Lipinski definition) is 9. The van der Waals surface area contributed by atoms with Crippen molar-refractivity contribution in [2.24, 2.45) is 0 Å². The number of aromatic nitrogens is 1. The van der Waals surface area contributed by atoms with Gasteiger partial charge in [0.25, 0.3) is 0 Å². The zero-order valence-electron chi connectivity index (χ0n) is 20.8. The molecule has 0 saturated carbocycles. The third-order valence-corrected chi connectivity index (χ3v) is 6.44. The summed E-state index contributed by atoms with van der Waals surface area (Å²) in [5, 5.41) is 41.7. The van der Waals surface area contributed by atoms with E-state index in [0.717, 1.165) is 5.56 Å². The lowest BCUT2D eigenvalue weighted by molar-refractivity contribution is -0.231. The summed E-state index contributed by atoms with van der Waals surface area (Å²) >= 11 is 0. The van der Waals surface area contributed by atoms with Crippen LogP contribution in [0.15, 0.2) is 60.7 Å². The van der Waals surface area contributed by atoms with Gasteiger partial charge in [-0.15, -0.1) is 0 Å². The molecule has 1 aliphatic heterocycles. The van der Waals surface area contributed by atoms with Crippen molar-refractivity contribution in [3.63, 3.8) is 0 Å². The zero-order chi connectivity index (χ0) is 27.4. The monoisotopic (exact) mass is 523 g/mol. The second kappa shape index (κ2) is 11.7. The molecule has 0 spiro atoms. The lowest BCUT2D eigenvalue weighted by Gasteiger charge is -2.40. The van der Waals surface area contributed by atoms with Crippen LogP contribution in [-0.4, -0.2) is 82.2 Å². The summed E-state index contributed by atoms with van der Waals surface area (Å²) in [5.41, 5.74) is 1.16. The molecule has 1 aliphatic rings. The number of hydrogen-bond donors (Lipinski definition) is 4. The van der Waals surface area contributed by atoms with Gasteiger partial charge in [-0.1, -0.05) is 60.7 Å². The highest BCUT2D eigenvalue weighted by Crippen LogP contribution is 2.41. The summed E-state index contributed by atoms with van der Waals surface area (Å²) in [6.45, 7) is -0.673. The Labute approximate surface area is 218 Å². The Balaban J connectivity index is 2.09. The number of aliphatic hydroxyl groups excluding tert-OH is 4. The van der Waals surface area contributed by atoms with Crippen LogP contribution in [0.1, 0.15) is 43.8 Å². The van der Waals surface area contributed by atoms with Gasteiger partial charge in [0.15, 0.2) is 0 Å². The molecule has 4 rings (SSSR count). The average molecular weight is 524 g/mol. The highest BCUT2D eigenvalue weighted by Gasteiger charge is 2.48. The second-order valence-electron chi connectivity index (χ2n) is 8.67. The second-order valence-corrected chi connectivity index (χ2v) is 8.67. The van der Waals surface area contributed by atoms with E-state index in [-0.39, 0.29) is 22.5 Å². The molecule has 5 unspecified atom stereocenters. The van der Waals surface area contributed by atoms with Gasteiger partial charge in [0.2, 0.25) is 0 Å². The third-order valence-electron chi connectivity index (χ3n) is 6.44. The van der Waals surface area contributed by atoms with Gasteiger partial charge in [-0.05, 0) is 17.7 Å². The van der Waals surface area contributed by atoms with Crippen LogP contribution in [0.4, 0.5) is 0 Å². The molecule has 10 heteroatoms. The van der Waals surface area contributed by atoms with Gasteiger partial charge in [0.05, 0.1) is 20.8 Å². The third kappa shape index (κ3) is 5.00. The summed E-state index contributed by atoms with van der Waals surface area (Å²) in [5.74, 6) is -1.65. The molecule has 0 bridgehead atoms. The number of nitrogens with zero attached hydrogens (tertiary/aromatic N) is 1. The molecule has 10 nitrogen and oxygen atoms in total. The van der Waals surface area contributed by atoms with Crippen LogP contribution in [0.2, 0.25) is 0 Å². The SMILES string of the molecule is COC(=O)c1c(C=Cc2ccccc2)c(C2OC(CO)C(O)C(O)C2O)c(C(=O)OC)n1-c1ccccc1. The molecule has 0 radical (unpaired) electrons. The molecule has 1 fully saturated rings. The van der Waals surface area contributed by atoms with E-state index in [1.807, 2.05) is 30.3 Å². The molecular formula is C28H29NO9. The molecule has 5 atom stereocenters. The molecular weight excluding hydrogens is 494 g/mol. The Morgan fingerprint density at radius 1 is 0.842 bits per heavy atom. The van der Waals surface area contributed by atoms with Gasteiger partial charge < -0.3 is 34.6 Å². The van der Waals surface area contributed by atoms with E-state index in [0.29, 0.717) is 5.69 Å². The molecule has 38 heavy (non-hydrogen) atoms. The van der Waals surface area contributed by atoms with Crippen LogP contribution >= 0.6 is 0 Å². The standard InChI is InChI=1S/C28H29NO9/c1-36-27(34)21-18(14-13-16-9-5-3-6-10-16)20(26-25(33)24(32)23(31)19(15-30)38-26)22(28(35)37-2)29(21)17-11-7-4-8-12-17/h3-14,19,23-26,30-33H,15H2,1-2H3. The maximum Gasteiger partial charge on any atom is 0.355 e. The Morgan fingerprint density at radius 3 is 2.00 bits per heavy atom. The number of aliphatic hydroxyl groups is 4. The Bertz CT molecular complexity index is 1300. The van der Waals surface area contributed by atoms with Crippen molar-refractivity contribution in [1.82, 2.24) is 4.57 Å². The highest BCUT2D eigenvalue weighted by atomic mass is 16.5. The van der Waals surface area contributed by atoms with Crippen molar-refractivity contribution >= 4 is 24.1 Å². The topological polar surface area (TPSA) is 148 Å². The van der Waals surface area contributed by atoms with E-state index in [1.165, 1.54) is 18.8 Å². The smallest absolute Gasteiger partial charge is 0.355 e. The number of rotatable bonds is 7. The largest absolute Gasteiger partial charge is 0.464 e. The number of para-hydroxylation sites is 1. The predicted molar refractivity (Wildman–Crippen MR) is 137 cm³/mol. The van der Waals surface area contributed by atoms with E-state index >= 15 is 0 Å². The highest BCUT2D eigenvalue weighted by molar-refractivity contribution is 6.01. The molecule has 0 amide bonds. The molecule has 1 aromatic heterocycles. The zero-order valence-corrected chi connectivity index (χ0v) is 20.8. The number of carbonyl (C=O) groups excluding carboxylic acids is 2. The van der Waals surface area contributed by atoms with Gasteiger partial charge >= 0.3 is 11.9 Å². The lowest BCUT2D eigenvalue weighted by atomic mass is 9.89. The number of carbonyl (C=O) groups is 2. The first kappa shape index (κ1) is 27.2. The number of esters is 2. The molecule has 3 aromatic rings. The van der Waals surface area contributed by atoms with Crippen LogP contribution < -0.4 is 0 Å². The summed E-state index contributed by atoms with van der Waals surface area (Å²) in [6, 6.07) is 17.7. The fraction of sp³-hybridized carbons (Fsp3) is 0.286. The van der Waals surface area contributed by atoms with Crippen molar-refractivity contribution in [2.75, 3.05) is 20.8 Å². The van der Waals surface area contributed by atoms with Crippen molar-refractivity contribution in [1.29, 1.82) is 0 Å². The number of benzene rings is 2. The number of methoxy groups -OCH3 is 2. The molecule has 2 heterocycles. The summed E-state index contributed by atoms with van der Waals surface area (Å²) in [4.78, 5) is 26.6. The maximum atomic E-state index is 13.3. The van der Waals surface area contributed by atoms with Gasteiger partial charge in [-0.2, -0.15) is 0 Å². The van der Waals surface area contributed by atoms with Crippen LogP contribution in [0.3, 0.4) is 0 Å².